The Bertz CT molecular complexity index is 714. The van der Waals surface area contributed by atoms with Crippen molar-refractivity contribution in [1.82, 2.24) is 14.8 Å². The van der Waals surface area contributed by atoms with Gasteiger partial charge < -0.3 is 10.1 Å². The van der Waals surface area contributed by atoms with E-state index in [-0.39, 0.29) is 0 Å². The number of rotatable bonds is 5. The van der Waals surface area contributed by atoms with E-state index in [0.29, 0.717) is 0 Å². The summed E-state index contributed by atoms with van der Waals surface area (Å²) in [5.74, 6) is -0.789. The van der Waals surface area contributed by atoms with Crippen molar-refractivity contribution in [3.63, 3.8) is 0 Å². The molecule has 1 aromatic heterocycles. The second-order valence-electron chi connectivity index (χ2n) is 6.30. The van der Waals surface area contributed by atoms with Gasteiger partial charge in [-0.2, -0.15) is 0 Å². The van der Waals surface area contributed by atoms with Crippen molar-refractivity contribution in [2.24, 2.45) is 0 Å². The molecule has 0 radical (unpaired) electrons. The van der Waals surface area contributed by atoms with E-state index in [2.05, 4.69) is 21.4 Å². The first kappa shape index (κ1) is 15.8. The van der Waals surface area contributed by atoms with Crippen LogP contribution in [0.4, 0.5) is 0 Å². The largest absolute Gasteiger partial charge is 0.480 e. The van der Waals surface area contributed by atoms with Gasteiger partial charge >= 0.3 is 5.97 Å². The van der Waals surface area contributed by atoms with Gasteiger partial charge in [-0.25, -0.2) is 0 Å². The van der Waals surface area contributed by atoms with Crippen LogP contribution >= 0.6 is 0 Å². The first-order valence-electron chi connectivity index (χ1n) is 7.96. The van der Waals surface area contributed by atoms with Crippen LogP contribution in [0.15, 0.2) is 42.6 Å². The Morgan fingerprint density at radius 1 is 1.30 bits per heavy atom. The highest BCUT2D eigenvalue weighted by atomic mass is 16.4. The highest BCUT2D eigenvalue weighted by Gasteiger charge is 2.31. The number of aromatic amines is 1. The van der Waals surface area contributed by atoms with Gasteiger partial charge in [0.05, 0.1) is 0 Å². The first-order valence-corrected chi connectivity index (χ1v) is 7.96. The predicted octanol–water partition coefficient (Wildman–Crippen LogP) is 2.49. The van der Waals surface area contributed by atoms with E-state index >= 15 is 0 Å². The third-order valence-electron chi connectivity index (χ3n) is 4.42. The first-order chi connectivity index (χ1) is 11.1. The van der Waals surface area contributed by atoms with Crippen molar-refractivity contribution < 1.29 is 9.90 Å². The van der Waals surface area contributed by atoms with Crippen molar-refractivity contribution in [1.29, 1.82) is 0 Å². The number of aromatic nitrogens is 1. The summed E-state index contributed by atoms with van der Waals surface area (Å²) in [5.41, 5.74) is 2.97. The molecule has 1 fully saturated rings. The molecule has 1 aromatic carbocycles. The van der Waals surface area contributed by atoms with E-state index < -0.39 is 12.0 Å². The lowest BCUT2D eigenvalue weighted by Crippen LogP contribution is -2.49. The second kappa shape index (κ2) is 6.56. The van der Waals surface area contributed by atoms with Crippen molar-refractivity contribution in [3.8, 4) is 0 Å². The Kier molecular flexibility index (Phi) is 4.50. The zero-order chi connectivity index (χ0) is 16.4. The van der Waals surface area contributed by atoms with E-state index in [1.54, 1.807) is 0 Å². The maximum Gasteiger partial charge on any atom is 0.325 e. The lowest BCUT2D eigenvalue weighted by atomic mass is 10.0. The Morgan fingerprint density at radius 3 is 2.65 bits per heavy atom. The summed E-state index contributed by atoms with van der Waals surface area (Å²) in [7, 11) is 0. The number of nitrogens with one attached hydrogen (secondary N) is 1. The lowest BCUT2D eigenvalue weighted by Gasteiger charge is -2.37. The number of carboxylic acid groups (broad SMARTS) is 1. The summed E-state index contributed by atoms with van der Waals surface area (Å²) in [6.07, 6.45) is 1.84. The smallest absolute Gasteiger partial charge is 0.325 e. The molecule has 3 rings (SSSR count). The highest BCUT2D eigenvalue weighted by Crippen LogP contribution is 2.29. The zero-order valence-corrected chi connectivity index (χ0v) is 13.5. The minimum absolute atomic E-state index is 0.599. The van der Waals surface area contributed by atoms with Crippen LogP contribution in [-0.2, 0) is 4.79 Å². The number of carboxylic acids is 1. The van der Waals surface area contributed by atoms with Crippen molar-refractivity contribution in [3.05, 3.63) is 48.2 Å². The van der Waals surface area contributed by atoms with Crippen LogP contribution in [0, 0.1) is 0 Å². The molecule has 0 bridgehead atoms. The number of H-pyrrole nitrogens is 1. The van der Waals surface area contributed by atoms with E-state index in [4.69, 9.17) is 0 Å². The fourth-order valence-electron chi connectivity index (χ4n) is 3.37. The monoisotopic (exact) mass is 313 g/mol. The summed E-state index contributed by atoms with van der Waals surface area (Å²) >= 11 is 0. The van der Waals surface area contributed by atoms with Crippen LogP contribution in [-0.4, -0.2) is 58.6 Å². The summed E-state index contributed by atoms with van der Waals surface area (Å²) in [6.45, 7) is 10.1. The highest BCUT2D eigenvalue weighted by molar-refractivity contribution is 5.89. The molecule has 1 saturated heterocycles. The predicted molar refractivity (Wildman–Crippen MR) is 91.5 cm³/mol. The molecular formula is C18H23N3O2. The maximum atomic E-state index is 11.9. The van der Waals surface area contributed by atoms with Gasteiger partial charge in [-0.1, -0.05) is 30.4 Å². The summed E-state index contributed by atoms with van der Waals surface area (Å²) in [6, 6.07) is 7.26. The molecule has 23 heavy (non-hydrogen) atoms. The number of benzene rings is 1. The molecule has 0 amide bonds. The Balaban J connectivity index is 1.81. The Hall–Kier alpha value is -2.11. The number of hydrogen-bond acceptors (Lipinski definition) is 3. The van der Waals surface area contributed by atoms with Gasteiger partial charge in [0.1, 0.15) is 6.04 Å². The van der Waals surface area contributed by atoms with Crippen LogP contribution in [0.5, 0.6) is 0 Å². The molecule has 0 unspecified atom stereocenters. The minimum atomic E-state index is -0.789. The van der Waals surface area contributed by atoms with Crippen molar-refractivity contribution in [2.45, 2.75) is 13.0 Å². The van der Waals surface area contributed by atoms with Crippen LogP contribution in [0.2, 0.25) is 0 Å². The molecule has 0 aliphatic carbocycles. The third-order valence-corrected chi connectivity index (χ3v) is 4.42. The van der Waals surface area contributed by atoms with Crippen molar-refractivity contribution >= 4 is 16.9 Å². The van der Waals surface area contributed by atoms with E-state index in [1.165, 1.54) is 0 Å². The number of piperazine rings is 1. The van der Waals surface area contributed by atoms with Gasteiger partial charge in [-0.05, 0) is 13.0 Å². The molecule has 1 aliphatic rings. The molecule has 2 heterocycles. The van der Waals surface area contributed by atoms with Crippen LogP contribution in [0.3, 0.4) is 0 Å². The number of nitrogens with zero attached hydrogens (tertiary/aromatic N) is 2. The van der Waals surface area contributed by atoms with Gasteiger partial charge in [-0.3, -0.25) is 14.6 Å². The lowest BCUT2D eigenvalue weighted by molar-refractivity contribution is -0.144. The average Bonchev–Trinajstić information content (AvgIpc) is 2.92. The Morgan fingerprint density at radius 2 is 2.00 bits per heavy atom. The fraction of sp³-hybridized carbons (Fsp3) is 0.389. The third kappa shape index (κ3) is 3.30. The quantitative estimate of drug-likeness (QED) is 0.833. The standard InChI is InChI=1S/C18H23N3O2/c1-13(2)12-20-7-9-21(10-8-20)17(18(22)23)15-11-19-16-6-4-3-5-14(15)16/h3-6,11,17,19H,1,7-10,12H2,2H3,(H,22,23)/t17-/m1/s1. The number of hydrogen-bond donors (Lipinski definition) is 2. The summed E-state index contributed by atoms with van der Waals surface area (Å²) in [5, 5.41) is 10.8. The number of carbonyl (C=O) groups is 1. The van der Waals surface area contributed by atoms with Gasteiger partial charge in [0.25, 0.3) is 0 Å². The van der Waals surface area contributed by atoms with Gasteiger partial charge in [0, 0.05) is 55.4 Å². The summed E-state index contributed by atoms with van der Waals surface area (Å²) < 4.78 is 0. The van der Waals surface area contributed by atoms with E-state index in [0.717, 1.165) is 54.8 Å². The molecule has 5 nitrogen and oxygen atoms in total. The fourth-order valence-corrected chi connectivity index (χ4v) is 3.37. The van der Waals surface area contributed by atoms with Gasteiger partial charge in [0.15, 0.2) is 0 Å². The second-order valence-corrected chi connectivity index (χ2v) is 6.30. The molecule has 1 aliphatic heterocycles. The van der Waals surface area contributed by atoms with E-state index in [1.807, 2.05) is 37.4 Å². The van der Waals surface area contributed by atoms with E-state index in [9.17, 15) is 9.90 Å². The average molecular weight is 313 g/mol. The van der Waals surface area contributed by atoms with Crippen LogP contribution < -0.4 is 0 Å². The summed E-state index contributed by atoms with van der Waals surface area (Å²) in [4.78, 5) is 19.5. The number of fused-ring (bicyclic) bond motifs is 1. The SMILES string of the molecule is C=C(C)CN1CCN([C@@H](C(=O)O)c2c[nH]c3ccccc23)CC1. The van der Waals surface area contributed by atoms with Crippen LogP contribution in [0.25, 0.3) is 10.9 Å². The molecule has 1 atom stereocenters. The Labute approximate surface area is 136 Å². The van der Waals surface area contributed by atoms with Crippen LogP contribution in [0.1, 0.15) is 18.5 Å². The molecular weight excluding hydrogens is 290 g/mol. The number of para-hydroxylation sites is 1. The molecule has 2 N–H and O–H groups in total. The van der Waals surface area contributed by atoms with Crippen molar-refractivity contribution in [2.75, 3.05) is 32.7 Å². The number of aliphatic carboxylic acids is 1. The molecule has 0 spiro atoms. The zero-order valence-electron chi connectivity index (χ0n) is 13.5. The molecule has 0 saturated carbocycles. The normalized spacial score (nSPS) is 18.1. The minimum Gasteiger partial charge on any atom is -0.480 e. The molecule has 122 valence electrons. The van der Waals surface area contributed by atoms with Gasteiger partial charge in [0.2, 0.25) is 0 Å². The topological polar surface area (TPSA) is 59.6 Å². The maximum absolute atomic E-state index is 11.9. The molecule has 2 aromatic rings. The molecule has 5 heteroatoms. The van der Waals surface area contributed by atoms with Gasteiger partial charge in [-0.15, -0.1) is 0 Å².